The fourth-order valence-corrected chi connectivity index (χ4v) is 3.03. The Kier molecular flexibility index (Phi) is 4.79. The lowest BCUT2D eigenvalue weighted by molar-refractivity contribution is -0.146. The van der Waals surface area contributed by atoms with E-state index in [1.165, 1.54) is 16.7 Å². The molecule has 15 heavy (non-hydrogen) atoms. The molecule has 6 heteroatoms. The van der Waals surface area contributed by atoms with Gasteiger partial charge in [0.2, 0.25) is 5.91 Å². The van der Waals surface area contributed by atoms with Crippen LogP contribution in [0.15, 0.2) is 0 Å². The van der Waals surface area contributed by atoms with Crippen molar-refractivity contribution in [1.82, 2.24) is 4.90 Å². The van der Waals surface area contributed by atoms with Gasteiger partial charge in [-0.3, -0.25) is 4.79 Å². The Morgan fingerprint density at radius 1 is 1.60 bits per heavy atom. The fourth-order valence-electron chi connectivity index (χ4n) is 1.21. The van der Waals surface area contributed by atoms with E-state index in [2.05, 4.69) is 0 Å². The van der Waals surface area contributed by atoms with Crippen molar-refractivity contribution in [2.75, 3.05) is 17.4 Å². The molecule has 1 saturated heterocycles. The summed E-state index contributed by atoms with van der Waals surface area (Å²) in [6.45, 7) is 4.04. The molecular weight excluding hydrogens is 234 g/mol. The van der Waals surface area contributed by atoms with Crippen molar-refractivity contribution < 1.29 is 14.7 Å². The maximum Gasteiger partial charge on any atom is 0.327 e. The van der Waals surface area contributed by atoms with Gasteiger partial charge in [0.15, 0.2) is 0 Å². The zero-order valence-electron chi connectivity index (χ0n) is 8.80. The average Bonchev–Trinajstić information content (AvgIpc) is 2.62. The van der Waals surface area contributed by atoms with E-state index in [1.807, 2.05) is 13.8 Å². The second-order valence-electron chi connectivity index (χ2n) is 3.58. The van der Waals surface area contributed by atoms with Crippen LogP contribution in [0.25, 0.3) is 0 Å². The molecule has 0 spiro atoms. The molecule has 1 fully saturated rings. The molecule has 1 aliphatic heterocycles. The Labute approximate surface area is 97.8 Å². The van der Waals surface area contributed by atoms with Crippen molar-refractivity contribution in [2.24, 2.45) is 0 Å². The van der Waals surface area contributed by atoms with Gasteiger partial charge in [0.25, 0.3) is 0 Å². The van der Waals surface area contributed by atoms with E-state index in [9.17, 15) is 9.59 Å². The molecule has 1 rings (SSSR count). The van der Waals surface area contributed by atoms with Crippen molar-refractivity contribution >= 4 is 35.4 Å². The molecule has 1 amide bonds. The number of carbonyl (C=O) groups excluding carboxylic acids is 1. The molecule has 0 radical (unpaired) electrons. The van der Waals surface area contributed by atoms with Gasteiger partial charge in [-0.1, -0.05) is 13.8 Å². The molecule has 0 aliphatic carbocycles. The molecule has 86 valence electrons. The largest absolute Gasteiger partial charge is 0.480 e. The average molecular weight is 249 g/mol. The zero-order valence-corrected chi connectivity index (χ0v) is 10.4. The molecule has 0 bridgehead atoms. The summed E-state index contributed by atoms with van der Waals surface area (Å²) in [6.07, 6.45) is 0. The van der Waals surface area contributed by atoms with E-state index in [0.29, 0.717) is 22.6 Å². The Hall–Kier alpha value is -0.360. The lowest BCUT2D eigenvalue weighted by Gasteiger charge is -2.20. The van der Waals surface area contributed by atoms with Gasteiger partial charge in [0, 0.05) is 5.75 Å². The first kappa shape index (κ1) is 12.7. The number of nitrogens with zero attached hydrogens (tertiary/aromatic N) is 1. The van der Waals surface area contributed by atoms with Crippen LogP contribution in [-0.4, -0.2) is 50.6 Å². The smallest absolute Gasteiger partial charge is 0.327 e. The van der Waals surface area contributed by atoms with Gasteiger partial charge in [-0.15, -0.1) is 23.5 Å². The van der Waals surface area contributed by atoms with Gasteiger partial charge in [0.1, 0.15) is 6.04 Å². The van der Waals surface area contributed by atoms with E-state index in [0.717, 1.165) is 0 Å². The minimum Gasteiger partial charge on any atom is -0.480 e. The minimum absolute atomic E-state index is 0.0638. The lowest BCUT2D eigenvalue weighted by atomic mass is 10.3. The van der Waals surface area contributed by atoms with E-state index in [-0.39, 0.29) is 5.91 Å². The third-order valence-corrected chi connectivity index (χ3v) is 4.12. The van der Waals surface area contributed by atoms with E-state index in [4.69, 9.17) is 5.11 Å². The van der Waals surface area contributed by atoms with Gasteiger partial charge in [-0.05, 0) is 5.25 Å². The monoisotopic (exact) mass is 249 g/mol. The summed E-state index contributed by atoms with van der Waals surface area (Å²) in [5.41, 5.74) is 0. The number of hydrogen-bond donors (Lipinski definition) is 1. The molecule has 0 saturated carbocycles. The summed E-state index contributed by atoms with van der Waals surface area (Å²) in [4.78, 5) is 24.0. The van der Waals surface area contributed by atoms with Gasteiger partial charge >= 0.3 is 5.97 Å². The van der Waals surface area contributed by atoms with Crippen molar-refractivity contribution in [3.63, 3.8) is 0 Å². The van der Waals surface area contributed by atoms with Crippen LogP contribution in [0.2, 0.25) is 0 Å². The Bertz CT molecular complexity index is 258. The topological polar surface area (TPSA) is 57.6 Å². The molecule has 0 aromatic rings. The highest BCUT2D eigenvalue weighted by Crippen LogP contribution is 2.22. The number of hydrogen-bond acceptors (Lipinski definition) is 4. The van der Waals surface area contributed by atoms with E-state index in [1.54, 1.807) is 11.8 Å². The van der Waals surface area contributed by atoms with Crippen molar-refractivity contribution in [1.29, 1.82) is 0 Å². The summed E-state index contributed by atoms with van der Waals surface area (Å²) < 4.78 is 0. The highest BCUT2D eigenvalue weighted by Gasteiger charge is 2.34. The molecule has 1 N–H and O–H groups in total. The van der Waals surface area contributed by atoms with Crippen molar-refractivity contribution in [3.05, 3.63) is 0 Å². The summed E-state index contributed by atoms with van der Waals surface area (Å²) in [5, 5.41) is 9.29. The number of carboxylic acids is 1. The maximum atomic E-state index is 11.7. The Morgan fingerprint density at radius 3 is 2.80 bits per heavy atom. The standard InChI is InChI=1S/C9H15NO3S2/c1-6(2)15-4-8(11)10-5-14-3-7(10)9(12)13/h6-7H,3-5H2,1-2H3,(H,12,13)/t7-/m0/s1. The Balaban J connectivity index is 2.47. The van der Waals surface area contributed by atoms with E-state index < -0.39 is 12.0 Å². The van der Waals surface area contributed by atoms with Crippen LogP contribution in [0.3, 0.4) is 0 Å². The summed E-state index contributed by atoms with van der Waals surface area (Å²) in [7, 11) is 0. The van der Waals surface area contributed by atoms with Gasteiger partial charge in [-0.25, -0.2) is 4.79 Å². The number of amides is 1. The van der Waals surface area contributed by atoms with Gasteiger partial charge in [-0.2, -0.15) is 0 Å². The number of carbonyl (C=O) groups is 2. The van der Waals surface area contributed by atoms with Gasteiger partial charge < -0.3 is 10.0 Å². The Morgan fingerprint density at radius 2 is 2.27 bits per heavy atom. The maximum absolute atomic E-state index is 11.7. The molecule has 0 aromatic heterocycles. The summed E-state index contributed by atoms with van der Waals surface area (Å²) in [6, 6.07) is -0.629. The molecule has 1 atom stereocenters. The first-order chi connectivity index (χ1) is 7.02. The predicted molar refractivity (Wildman–Crippen MR) is 63.2 cm³/mol. The number of carboxylic acid groups (broad SMARTS) is 1. The minimum atomic E-state index is -0.900. The zero-order chi connectivity index (χ0) is 11.4. The van der Waals surface area contributed by atoms with Crippen molar-refractivity contribution in [3.8, 4) is 0 Å². The van der Waals surface area contributed by atoms with Crippen LogP contribution in [0.4, 0.5) is 0 Å². The van der Waals surface area contributed by atoms with Gasteiger partial charge in [0.05, 0.1) is 11.6 Å². The summed E-state index contributed by atoms with van der Waals surface area (Å²) >= 11 is 3.04. The van der Waals surface area contributed by atoms with Crippen LogP contribution in [0, 0.1) is 0 Å². The molecule has 0 unspecified atom stereocenters. The number of aliphatic carboxylic acids is 1. The highest BCUT2D eigenvalue weighted by atomic mass is 32.2. The lowest BCUT2D eigenvalue weighted by Crippen LogP contribution is -2.42. The van der Waals surface area contributed by atoms with Crippen LogP contribution in [-0.2, 0) is 9.59 Å². The highest BCUT2D eigenvalue weighted by molar-refractivity contribution is 8.00. The third-order valence-electron chi connectivity index (χ3n) is 2.03. The first-order valence-corrected chi connectivity index (χ1v) is 6.94. The van der Waals surface area contributed by atoms with Crippen molar-refractivity contribution in [2.45, 2.75) is 25.1 Å². The third kappa shape index (κ3) is 3.61. The second kappa shape index (κ2) is 5.65. The van der Waals surface area contributed by atoms with Crippen LogP contribution in [0.1, 0.15) is 13.8 Å². The molecule has 4 nitrogen and oxygen atoms in total. The predicted octanol–water partition coefficient (Wildman–Crippen LogP) is 1.11. The molecule has 0 aromatic carbocycles. The number of rotatable bonds is 4. The quantitative estimate of drug-likeness (QED) is 0.809. The first-order valence-electron chi connectivity index (χ1n) is 4.74. The second-order valence-corrected chi connectivity index (χ2v) is 6.14. The molecule has 1 heterocycles. The fraction of sp³-hybridized carbons (Fsp3) is 0.778. The van der Waals surface area contributed by atoms with E-state index >= 15 is 0 Å². The number of thioether (sulfide) groups is 2. The van der Waals surface area contributed by atoms with Crippen LogP contribution in [0.5, 0.6) is 0 Å². The van der Waals surface area contributed by atoms with Crippen LogP contribution >= 0.6 is 23.5 Å². The summed E-state index contributed by atoms with van der Waals surface area (Å²) in [5.74, 6) is 0.429. The molecular formula is C9H15NO3S2. The SMILES string of the molecule is CC(C)SCC(=O)N1CSC[C@H]1C(=O)O. The molecule has 1 aliphatic rings. The normalized spacial score (nSPS) is 21.0. The van der Waals surface area contributed by atoms with Crippen LogP contribution < -0.4 is 0 Å².